The van der Waals surface area contributed by atoms with Crippen LogP contribution in [-0.2, 0) is 4.79 Å². The summed E-state index contributed by atoms with van der Waals surface area (Å²) in [6.07, 6.45) is 5.35. The Labute approximate surface area is 73.9 Å². The van der Waals surface area contributed by atoms with Crippen molar-refractivity contribution in [2.24, 2.45) is 0 Å². The lowest BCUT2D eigenvalue weighted by Gasteiger charge is -1.97. The molecule has 0 spiro atoms. The van der Waals surface area contributed by atoms with Crippen LogP contribution in [0.15, 0.2) is 0 Å². The van der Waals surface area contributed by atoms with E-state index in [4.69, 9.17) is 0 Å². The average Bonchev–Trinajstić information content (AvgIpc) is 2.01. The van der Waals surface area contributed by atoms with Crippen molar-refractivity contribution in [2.75, 3.05) is 5.75 Å². The first kappa shape index (κ1) is 11.0. The fourth-order valence-electron chi connectivity index (χ4n) is 0.807. The Bertz CT molecular complexity index is 102. The number of carbonyl (C=O) groups is 1. The summed E-state index contributed by atoms with van der Waals surface area (Å²) in [7, 11) is 0. The minimum Gasteiger partial charge on any atom is -0.287 e. The van der Waals surface area contributed by atoms with Crippen LogP contribution in [-0.4, -0.2) is 10.9 Å². The first-order chi connectivity index (χ1) is 5.31. The molecule has 0 amide bonds. The van der Waals surface area contributed by atoms with E-state index in [2.05, 4.69) is 13.8 Å². The molecule has 0 aliphatic heterocycles. The molecule has 1 nitrogen and oxygen atoms in total. The van der Waals surface area contributed by atoms with Crippen LogP contribution in [0.5, 0.6) is 0 Å². The molecule has 2 heteroatoms. The molecular weight excluding hydrogens is 156 g/mol. The Balaban J connectivity index is 3.09. The molecule has 0 aromatic carbocycles. The van der Waals surface area contributed by atoms with Crippen molar-refractivity contribution in [3.63, 3.8) is 0 Å². The van der Waals surface area contributed by atoms with Crippen LogP contribution in [0.3, 0.4) is 0 Å². The van der Waals surface area contributed by atoms with Gasteiger partial charge in [-0.15, -0.1) is 0 Å². The number of unbranched alkanes of at least 4 members (excludes halogenated alkanes) is 2. The lowest BCUT2D eigenvalue weighted by Crippen LogP contribution is -1.92. The van der Waals surface area contributed by atoms with Crippen LogP contribution >= 0.6 is 11.8 Å². The van der Waals surface area contributed by atoms with Crippen LogP contribution in [0.4, 0.5) is 0 Å². The molecule has 0 saturated carbocycles. The van der Waals surface area contributed by atoms with E-state index < -0.39 is 0 Å². The van der Waals surface area contributed by atoms with Gasteiger partial charge in [0.1, 0.15) is 0 Å². The SMILES string of the molecule is CCCCCC(=O)SCCC. The summed E-state index contributed by atoms with van der Waals surface area (Å²) in [5, 5.41) is 0.375. The van der Waals surface area contributed by atoms with Gasteiger partial charge < -0.3 is 0 Å². The van der Waals surface area contributed by atoms with Crippen molar-refractivity contribution >= 4 is 16.9 Å². The van der Waals surface area contributed by atoms with E-state index in [0.717, 1.165) is 25.0 Å². The highest BCUT2D eigenvalue weighted by atomic mass is 32.2. The molecule has 0 bridgehead atoms. The Hall–Kier alpha value is 0.0200. The Kier molecular flexibility index (Phi) is 8.13. The molecule has 0 radical (unpaired) electrons. The molecule has 66 valence electrons. The predicted octanol–water partition coefficient (Wildman–Crippen LogP) is 3.24. The predicted molar refractivity (Wildman–Crippen MR) is 51.9 cm³/mol. The molecule has 0 saturated heterocycles. The van der Waals surface area contributed by atoms with Gasteiger partial charge in [-0.2, -0.15) is 0 Å². The summed E-state index contributed by atoms with van der Waals surface area (Å²) in [4.78, 5) is 11.0. The molecule has 0 fully saturated rings. The second-order valence-corrected chi connectivity index (χ2v) is 3.83. The molecule has 0 aromatic heterocycles. The van der Waals surface area contributed by atoms with Crippen molar-refractivity contribution in [3.05, 3.63) is 0 Å². The number of hydrogen-bond donors (Lipinski definition) is 0. The standard InChI is InChI=1S/C9H18OS/c1-3-5-6-7-9(10)11-8-4-2/h3-8H2,1-2H3. The maximum Gasteiger partial charge on any atom is 0.188 e. The molecule has 0 heterocycles. The summed E-state index contributed by atoms with van der Waals surface area (Å²) in [5.41, 5.74) is 0. The number of thioether (sulfide) groups is 1. The van der Waals surface area contributed by atoms with E-state index >= 15 is 0 Å². The molecule has 0 atom stereocenters. The molecular formula is C9H18OS. The average molecular weight is 174 g/mol. The molecule has 0 aliphatic carbocycles. The minimum absolute atomic E-state index is 0.375. The first-order valence-corrected chi connectivity index (χ1v) is 5.45. The highest BCUT2D eigenvalue weighted by molar-refractivity contribution is 8.13. The summed E-state index contributed by atoms with van der Waals surface area (Å²) in [5.74, 6) is 0.991. The van der Waals surface area contributed by atoms with E-state index in [1.165, 1.54) is 24.6 Å². The van der Waals surface area contributed by atoms with Crippen molar-refractivity contribution in [3.8, 4) is 0 Å². The summed E-state index contributed by atoms with van der Waals surface area (Å²) < 4.78 is 0. The second kappa shape index (κ2) is 8.12. The third-order valence-electron chi connectivity index (χ3n) is 1.45. The molecule has 0 unspecified atom stereocenters. The smallest absolute Gasteiger partial charge is 0.188 e. The summed E-state index contributed by atoms with van der Waals surface area (Å²) >= 11 is 1.49. The van der Waals surface area contributed by atoms with Gasteiger partial charge in [-0.25, -0.2) is 0 Å². The fourth-order valence-corrected chi connectivity index (χ4v) is 1.53. The van der Waals surface area contributed by atoms with Gasteiger partial charge in [0.2, 0.25) is 0 Å². The van der Waals surface area contributed by atoms with Gasteiger partial charge in [0.05, 0.1) is 0 Å². The highest BCUT2D eigenvalue weighted by Gasteiger charge is 1.99. The maximum absolute atomic E-state index is 11.0. The minimum atomic E-state index is 0.375. The topological polar surface area (TPSA) is 17.1 Å². The zero-order valence-electron chi connectivity index (χ0n) is 7.56. The van der Waals surface area contributed by atoms with Crippen molar-refractivity contribution in [1.82, 2.24) is 0 Å². The number of carbonyl (C=O) groups excluding carboxylic acids is 1. The van der Waals surface area contributed by atoms with Crippen LogP contribution in [0.25, 0.3) is 0 Å². The zero-order valence-corrected chi connectivity index (χ0v) is 8.38. The second-order valence-electron chi connectivity index (χ2n) is 2.68. The lowest BCUT2D eigenvalue weighted by molar-refractivity contribution is -0.111. The van der Waals surface area contributed by atoms with Crippen molar-refractivity contribution < 1.29 is 4.79 Å². The molecule has 0 rings (SSSR count). The van der Waals surface area contributed by atoms with Gasteiger partial charge in [-0.1, -0.05) is 38.5 Å². The summed E-state index contributed by atoms with van der Waals surface area (Å²) in [6, 6.07) is 0. The lowest BCUT2D eigenvalue weighted by atomic mass is 10.2. The van der Waals surface area contributed by atoms with Crippen LogP contribution < -0.4 is 0 Å². The third-order valence-corrected chi connectivity index (χ3v) is 2.59. The normalized spacial score (nSPS) is 10.0. The molecule has 0 N–H and O–H groups in total. The Morgan fingerprint density at radius 3 is 2.45 bits per heavy atom. The third kappa shape index (κ3) is 7.92. The fraction of sp³-hybridized carbons (Fsp3) is 0.889. The van der Waals surface area contributed by atoms with Crippen molar-refractivity contribution in [1.29, 1.82) is 0 Å². The van der Waals surface area contributed by atoms with Gasteiger partial charge >= 0.3 is 0 Å². The highest BCUT2D eigenvalue weighted by Crippen LogP contribution is 2.10. The van der Waals surface area contributed by atoms with Crippen LogP contribution in [0, 0.1) is 0 Å². The Morgan fingerprint density at radius 1 is 1.18 bits per heavy atom. The van der Waals surface area contributed by atoms with E-state index in [0.29, 0.717) is 5.12 Å². The van der Waals surface area contributed by atoms with Gasteiger partial charge in [0, 0.05) is 12.2 Å². The van der Waals surface area contributed by atoms with Gasteiger partial charge in [-0.05, 0) is 12.8 Å². The van der Waals surface area contributed by atoms with E-state index in [1.54, 1.807) is 0 Å². The van der Waals surface area contributed by atoms with Crippen LogP contribution in [0.2, 0.25) is 0 Å². The summed E-state index contributed by atoms with van der Waals surface area (Å²) in [6.45, 7) is 4.26. The van der Waals surface area contributed by atoms with E-state index in [-0.39, 0.29) is 0 Å². The molecule has 0 aliphatic rings. The van der Waals surface area contributed by atoms with Gasteiger partial charge in [0.25, 0.3) is 0 Å². The zero-order chi connectivity index (χ0) is 8.53. The monoisotopic (exact) mass is 174 g/mol. The van der Waals surface area contributed by atoms with Crippen molar-refractivity contribution in [2.45, 2.75) is 46.0 Å². The maximum atomic E-state index is 11.0. The van der Waals surface area contributed by atoms with Gasteiger partial charge in [-0.3, -0.25) is 4.79 Å². The van der Waals surface area contributed by atoms with E-state index in [9.17, 15) is 4.79 Å². The largest absolute Gasteiger partial charge is 0.287 e. The quantitative estimate of drug-likeness (QED) is 0.575. The van der Waals surface area contributed by atoms with Gasteiger partial charge in [0.15, 0.2) is 5.12 Å². The van der Waals surface area contributed by atoms with E-state index in [1.807, 2.05) is 0 Å². The van der Waals surface area contributed by atoms with Crippen LogP contribution in [0.1, 0.15) is 46.0 Å². The molecule has 0 aromatic rings. The number of rotatable bonds is 6. The Morgan fingerprint density at radius 2 is 1.91 bits per heavy atom. The number of hydrogen-bond acceptors (Lipinski definition) is 2. The molecule has 11 heavy (non-hydrogen) atoms. The first-order valence-electron chi connectivity index (χ1n) is 4.46.